The molecule has 158 valence electrons. The van der Waals surface area contributed by atoms with Crippen LogP contribution in [0.25, 0.3) is 0 Å². The van der Waals surface area contributed by atoms with Crippen LogP contribution in [0.2, 0.25) is 0 Å². The first-order valence-electron chi connectivity index (χ1n) is 10.2. The number of para-hydroxylation sites is 3. The number of nitrogens with zero attached hydrogens (tertiary/aromatic N) is 2. The monoisotopic (exact) mass is 410 g/mol. The van der Waals surface area contributed by atoms with E-state index >= 15 is 0 Å². The van der Waals surface area contributed by atoms with Gasteiger partial charge in [0.1, 0.15) is 12.4 Å². The maximum absolute atomic E-state index is 12.8. The standard InChI is InChI=1S/C23H26N2O5/c1-16-6-5-7-17(2)22(16)29-15-21(26)24-10-12-25(13-11-24)23(27)20-14-28-18-8-3-4-9-19(18)30-20/h3-9,20H,10-15H2,1-2H3/t20-/m0/s1. The highest BCUT2D eigenvalue weighted by Gasteiger charge is 2.33. The van der Waals surface area contributed by atoms with Crippen LogP contribution in [-0.2, 0) is 9.59 Å². The van der Waals surface area contributed by atoms with Gasteiger partial charge in [0.2, 0.25) is 6.10 Å². The minimum absolute atomic E-state index is 0.00397. The number of benzene rings is 2. The van der Waals surface area contributed by atoms with Crippen molar-refractivity contribution in [2.45, 2.75) is 20.0 Å². The van der Waals surface area contributed by atoms with Crippen molar-refractivity contribution in [3.8, 4) is 17.2 Å². The van der Waals surface area contributed by atoms with E-state index in [-0.39, 0.29) is 25.0 Å². The van der Waals surface area contributed by atoms with Crippen LogP contribution in [0.1, 0.15) is 11.1 Å². The summed E-state index contributed by atoms with van der Waals surface area (Å²) in [5, 5.41) is 0. The molecule has 0 saturated carbocycles. The molecule has 2 aromatic carbocycles. The lowest BCUT2D eigenvalue weighted by Crippen LogP contribution is -2.55. The second kappa shape index (κ2) is 8.65. The molecule has 0 radical (unpaired) electrons. The Morgan fingerprint density at radius 1 is 0.933 bits per heavy atom. The Kier molecular flexibility index (Phi) is 5.79. The molecule has 7 heteroatoms. The van der Waals surface area contributed by atoms with Crippen molar-refractivity contribution >= 4 is 11.8 Å². The van der Waals surface area contributed by atoms with Gasteiger partial charge in [-0.25, -0.2) is 0 Å². The number of rotatable bonds is 4. The average Bonchev–Trinajstić information content (AvgIpc) is 2.78. The first kappa shape index (κ1) is 20.1. The molecule has 2 aromatic rings. The zero-order valence-electron chi connectivity index (χ0n) is 17.3. The molecule has 0 unspecified atom stereocenters. The van der Waals surface area contributed by atoms with Gasteiger partial charge in [0, 0.05) is 26.2 Å². The lowest BCUT2D eigenvalue weighted by molar-refractivity contribution is -0.146. The summed E-state index contributed by atoms with van der Waals surface area (Å²) < 4.78 is 17.2. The number of fused-ring (bicyclic) bond motifs is 1. The molecular weight excluding hydrogens is 384 g/mol. The van der Waals surface area contributed by atoms with Gasteiger partial charge in [-0.05, 0) is 37.1 Å². The van der Waals surface area contributed by atoms with Crippen LogP contribution in [-0.4, -0.2) is 67.1 Å². The maximum atomic E-state index is 12.8. The van der Waals surface area contributed by atoms with Crippen molar-refractivity contribution in [3.05, 3.63) is 53.6 Å². The van der Waals surface area contributed by atoms with Crippen LogP contribution >= 0.6 is 0 Å². The summed E-state index contributed by atoms with van der Waals surface area (Å²) in [4.78, 5) is 28.9. The SMILES string of the molecule is Cc1cccc(C)c1OCC(=O)N1CCN(C(=O)[C@@H]2COc3ccccc3O2)CC1. The zero-order chi connectivity index (χ0) is 21.1. The molecule has 0 aliphatic carbocycles. The van der Waals surface area contributed by atoms with E-state index in [0.717, 1.165) is 16.9 Å². The highest BCUT2D eigenvalue weighted by atomic mass is 16.6. The van der Waals surface area contributed by atoms with Crippen molar-refractivity contribution in [2.24, 2.45) is 0 Å². The molecule has 4 rings (SSSR count). The molecule has 30 heavy (non-hydrogen) atoms. The Bertz CT molecular complexity index is 917. The first-order valence-corrected chi connectivity index (χ1v) is 10.2. The van der Waals surface area contributed by atoms with Crippen LogP contribution in [0.5, 0.6) is 17.2 Å². The molecular formula is C23H26N2O5. The summed E-state index contributed by atoms with van der Waals surface area (Å²) in [5.74, 6) is 1.81. The van der Waals surface area contributed by atoms with Gasteiger partial charge in [-0.1, -0.05) is 30.3 Å². The summed E-state index contributed by atoms with van der Waals surface area (Å²) in [7, 11) is 0. The topological polar surface area (TPSA) is 68.3 Å². The van der Waals surface area contributed by atoms with Crippen LogP contribution < -0.4 is 14.2 Å². The lowest BCUT2D eigenvalue weighted by atomic mass is 10.1. The van der Waals surface area contributed by atoms with Crippen LogP contribution in [0.3, 0.4) is 0 Å². The fourth-order valence-electron chi connectivity index (χ4n) is 3.77. The van der Waals surface area contributed by atoms with Gasteiger partial charge < -0.3 is 24.0 Å². The van der Waals surface area contributed by atoms with E-state index in [1.54, 1.807) is 15.9 Å². The number of piperazine rings is 1. The number of aryl methyl sites for hydroxylation is 2. The molecule has 0 aromatic heterocycles. The van der Waals surface area contributed by atoms with E-state index in [4.69, 9.17) is 14.2 Å². The number of hydrogen-bond donors (Lipinski definition) is 0. The van der Waals surface area contributed by atoms with Gasteiger partial charge in [0.05, 0.1) is 0 Å². The van der Waals surface area contributed by atoms with E-state index in [0.29, 0.717) is 37.7 Å². The molecule has 2 aliphatic rings. The van der Waals surface area contributed by atoms with Gasteiger partial charge in [0.15, 0.2) is 18.1 Å². The second-order valence-electron chi connectivity index (χ2n) is 7.58. The second-order valence-corrected chi connectivity index (χ2v) is 7.58. The van der Waals surface area contributed by atoms with E-state index in [2.05, 4.69) is 0 Å². The van der Waals surface area contributed by atoms with E-state index in [9.17, 15) is 9.59 Å². The largest absolute Gasteiger partial charge is 0.485 e. The van der Waals surface area contributed by atoms with Gasteiger partial charge in [-0.3, -0.25) is 9.59 Å². The van der Waals surface area contributed by atoms with Crippen molar-refractivity contribution in [2.75, 3.05) is 39.4 Å². The predicted octanol–water partition coefficient (Wildman–Crippen LogP) is 2.19. The van der Waals surface area contributed by atoms with Crippen molar-refractivity contribution in [1.82, 2.24) is 9.80 Å². The van der Waals surface area contributed by atoms with E-state index in [1.165, 1.54) is 0 Å². The quantitative estimate of drug-likeness (QED) is 0.773. The van der Waals surface area contributed by atoms with Gasteiger partial charge in [-0.2, -0.15) is 0 Å². The molecule has 7 nitrogen and oxygen atoms in total. The number of ether oxygens (including phenoxy) is 3. The molecule has 2 aliphatic heterocycles. The van der Waals surface area contributed by atoms with Crippen molar-refractivity contribution < 1.29 is 23.8 Å². The highest BCUT2D eigenvalue weighted by Crippen LogP contribution is 2.31. The summed E-state index contributed by atoms with van der Waals surface area (Å²) in [6.07, 6.45) is -0.658. The minimum Gasteiger partial charge on any atom is -0.485 e. The van der Waals surface area contributed by atoms with Crippen LogP contribution in [0.4, 0.5) is 0 Å². The first-order chi connectivity index (χ1) is 14.5. The van der Waals surface area contributed by atoms with Crippen LogP contribution in [0.15, 0.2) is 42.5 Å². The van der Waals surface area contributed by atoms with Gasteiger partial charge in [-0.15, -0.1) is 0 Å². The fourth-order valence-corrected chi connectivity index (χ4v) is 3.77. The molecule has 1 fully saturated rings. The van der Waals surface area contributed by atoms with Crippen molar-refractivity contribution in [3.63, 3.8) is 0 Å². The van der Waals surface area contributed by atoms with E-state index in [1.807, 2.05) is 50.2 Å². The highest BCUT2D eigenvalue weighted by molar-refractivity contribution is 5.83. The summed E-state index contributed by atoms with van der Waals surface area (Å²) in [5.41, 5.74) is 2.02. The number of carbonyl (C=O) groups excluding carboxylic acids is 2. The summed E-state index contributed by atoms with van der Waals surface area (Å²) >= 11 is 0. The third kappa shape index (κ3) is 4.20. The summed E-state index contributed by atoms with van der Waals surface area (Å²) in [6, 6.07) is 13.2. The molecule has 0 bridgehead atoms. The zero-order valence-corrected chi connectivity index (χ0v) is 17.3. The Morgan fingerprint density at radius 2 is 1.57 bits per heavy atom. The lowest BCUT2D eigenvalue weighted by Gasteiger charge is -2.37. The molecule has 2 amide bonds. The van der Waals surface area contributed by atoms with Gasteiger partial charge >= 0.3 is 0 Å². The molecule has 2 heterocycles. The predicted molar refractivity (Wildman–Crippen MR) is 111 cm³/mol. The number of hydrogen-bond acceptors (Lipinski definition) is 5. The van der Waals surface area contributed by atoms with E-state index < -0.39 is 6.10 Å². The third-order valence-electron chi connectivity index (χ3n) is 5.48. The fraction of sp³-hybridized carbons (Fsp3) is 0.391. The third-order valence-corrected chi connectivity index (χ3v) is 5.48. The smallest absolute Gasteiger partial charge is 0.267 e. The molecule has 1 saturated heterocycles. The minimum atomic E-state index is -0.658. The maximum Gasteiger partial charge on any atom is 0.267 e. The number of carbonyl (C=O) groups is 2. The molecule has 1 atom stereocenters. The van der Waals surface area contributed by atoms with Crippen molar-refractivity contribution in [1.29, 1.82) is 0 Å². The van der Waals surface area contributed by atoms with Crippen LogP contribution in [0, 0.1) is 13.8 Å². The van der Waals surface area contributed by atoms with Gasteiger partial charge in [0.25, 0.3) is 11.8 Å². The Morgan fingerprint density at radius 3 is 2.27 bits per heavy atom. The molecule has 0 spiro atoms. The summed E-state index contributed by atoms with van der Waals surface area (Å²) in [6.45, 7) is 6.01. The number of amides is 2. The Balaban J connectivity index is 1.27. The molecule has 0 N–H and O–H groups in total. The Labute approximate surface area is 176 Å². The Hall–Kier alpha value is -3.22. The average molecular weight is 410 g/mol. The normalized spacial score (nSPS) is 18.1.